The van der Waals surface area contributed by atoms with Crippen LogP contribution >= 0.6 is 0 Å². The van der Waals surface area contributed by atoms with E-state index in [1.54, 1.807) is 36.7 Å². The molecule has 0 aliphatic carbocycles. The van der Waals surface area contributed by atoms with E-state index in [0.717, 1.165) is 0 Å². The maximum Gasteiger partial charge on any atom is 0.273 e. The lowest BCUT2D eigenvalue weighted by molar-refractivity contribution is 0.102. The van der Waals surface area contributed by atoms with Gasteiger partial charge in [0.05, 0.1) is 0 Å². The molecule has 0 aliphatic heterocycles. The number of anilines is 1. The molecule has 0 saturated heterocycles. The van der Waals surface area contributed by atoms with Gasteiger partial charge in [0.15, 0.2) is 0 Å². The van der Waals surface area contributed by atoms with Crippen molar-refractivity contribution in [1.82, 2.24) is 9.97 Å². The van der Waals surface area contributed by atoms with Crippen LogP contribution < -0.4 is 5.32 Å². The number of hydrogen-bond donors (Lipinski definition) is 2. The molecule has 14 heavy (non-hydrogen) atoms. The summed E-state index contributed by atoms with van der Waals surface area (Å²) in [6, 6.07) is 8.83. The highest BCUT2D eigenvalue weighted by molar-refractivity contribution is 6.02. The van der Waals surface area contributed by atoms with Crippen LogP contribution in [0.1, 0.15) is 10.5 Å². The zero-order chi connectivity index (χ0) is 9.80. The molecule has 4 nitrogen and oxygen atoms in total. The SMILES string of the molecule is O=C(Nc1ccccn1)c1ccc[nH]1. The van der Waals surface area contributed by atoms with Crippen LogP contribution in [0.2, 0.25) is 0 Å². The predicted molar refractivity (Wildman–Crippen MR) is 53.0 cm³/mol. The van der Waals surface area contributed by atoms with Gasteiger partial charge in [0, 0.05) is 12.4 Å². The molecule has 2 aromatic rings. The van der Waals surface area contributed by atoms with Crippen molar-refractivity contribution in [2.24, 2.45) is 0 Å². The lowest BCUT2D eigenvalue weighted by Crippen LogP contribution is -2.12. The Morgan fingerprint density at radius 1 is 1.29 bits per heavy atom. The number of rotatable bonds is 2. The molecule has 0 fully saturated rings. The molecule has 0 saturated carbocycles. The number of nitrogens with zero attached hydrogens (tertiary/aromatic N) is 1. The average molecular weight is 187 g/mol. The number of pyridine rings is 1. The molecule has 2 heterocycles. The normalized spacial score (nSPS) is 9.71. The summed E-state index contributed by atoms with van der Waals surface area (Å²) >= 11 is 0. The molecule has 2 N–H and O–H groups in total. The zero-order valence-corrected chi connectivity index (χ0v) is 7.40. The number of carbonyl (C=O) groups excluding carboxylic acids is 1. The summed E-state index contributed by atoms with van der Waals surface area (Å²) in [6.45, 7) is 0. The van der Waals surface area contributed by atoms with E-state index in [9.17, 15) is 4.79 Å². The molecule has 0 spiro atoms. The van der Waals surface area contributed by atoms with Gasteiger partial charge in [0.1, 0.15) is 11.5 Å². The number of H-pyrrole nitrogens is 1. The second kappa shape index (κ2) is 3.74. The number of amides is 1. The molecule has 0 radical (unpaired) electrons. The Labute approximate surface area is 81.0 Å². The van der Waals surface area contributed by atoms with Crippen molar-refractivity contribution in [3.05, 3.63) is 48.4 Å². The summed E-state index contributed by atoms with van der Waals surface area (Å²) in [5, 5.41) is 2.66. The smallest absolute Gasteiger partial charge is 0.273 e. The third-order valence-corrected chi connectivity index (χ3v) is 1.75. The summed E-state index contributed by atoms with van der Waals surface area (Å²) in [5.41, 5.74) is 0.524. The third-order valence-electron chi connectivity index (χ3n) is 1.75. The molecule has 2 rings (SSSR count). The quantitative estimate of drug-likeness (QED) is 0.751. The molecule has 0 aliphatic rings. The minimum absolute atomic E-state index is 0.186. The van der Waals surface area contributed by atoms with Gasteiger partial charge in [-0.15, -0.1) is 0 Å². The molecule has 2 aromatic heterocycles. The summed E-state index contributed by atoms with van der Waals surface area (Å²) in [4.78, 5) is 18.3. The van der Waals surface area contributed by atoms with E-state index in [-0.39, 0.29) is 5.91 Å². The van der Waals surface area contributed by atoms with Gasteiger partial charge in [-0.2, -0.15) is 0 Å². The summed E-state index contributed by atoms with van der Waals surface area (Å²) < 4.78 is 0. The second-order valence-corrected chi connectivity index (χ2v) is 2.75. The first-order valence-corrected chi connectivity index (χ1v) is 4.22. The van der Waals surface area contributed by atoms with Gasteiger partial charge >= 0.3 is 0 Å². The number of aromatic nitrogens is 2. The highest BCUT2D eigenvalue weighted by Crippen LogP contribution is 2.03. The largest absolute Gasteiger partial charge is 0.357 e. The Morgan fingerprint density at radius 2 is 2.21 bits per heavy atom. The molecule has 1 amide bonds. The van der Waals surface area contributed by atoms with E-state index >= 15 is 0 Å². The first-order chi connectivity index (χ1) is 6.86. The van der Waals surface area contributed by atoms with E-state index in [1.165, 1.54) is 0 Å². The minimum atomic E-state index is -0.186. The maximum atomic E-state index is 11.5. The van der Waals surface area contributed by atoms with Gasteiger partial charge in [0.25, 0.3) is 5.91 Å². The number of hydrogen-bond acceptors (Lipinski definition) is 2. The number of carbonyl (C=O) groups is 1. The molecule has 0 atom stereocenters. The summed E-state index contributed by atoms with van der Waals surface area (Å²) in [6.07, 6.45) is 3.33. The van der Waals surface area contributed by atoms with Crippen LogP contribution in [0.5, 0.6) is 0 Å². The predicted octanol–water partition coefficient (Wildman–Crippen LogP) is 1.66. The van der Waals surface area contributed by atoms with Crippen molar-refractivity contribution in [3.8, 4) is 0 Å². The third kappa shape index (κ3) is 1.80. The van der Waals surface area contributed by atoms with Crippen molar-refractivity contribution in [3.63, 3.8) is 0 Å². The standard InChI is InChI=1S/C10H9N3O/c14-10(8-4-3-7-11-8)13-9-5-1-2-6-12-9/h1-7,11H,(H,12,13,14). The monoisotopic (exact) mass is 187 g/mol. The maximum absolute atomic E-state index is 11.5. The van der Waals surface area contributed by atoms with Crippen molar-refractivity contribution >= 4 is 11.7 Å². The van der Waals surface area contributed by atoms with Crippen LogP contribution in [-0.2, 0) is 0 Å². The number of nitrogens with one attached hydrogen (secondary N) is 2. The molecule has 70 valence electrons. The summed E-state index contributed by atoms with van der Waals surface area (Å²) in [7, 11) is 0. The Hall–Kier alpha value is -2.10. The molecule has 4 heteroatoms. The molecular weight excluding hydrogens is 178 g/mol. The highest BCUT2D eigenvalue weighted by atomic mass is 16.1. The molecule has 0 bridgehead atoms. The van der Waals surface area contributed by atoms with Crippen molar-refractivity contribution in [2.45, 2.75) is 0 Å². The van der Waals surface area contributed by atoms with Crippen LogP contribution in [-0.4, -0.2) is 15.9 Å². The van der Waals surface area contributed by atoms with E-state index < -0.39 is 0 Å². The van der Waals surface area contributed by atoms with Gasteiger partial charge in [-0.3, -0.25) is 4.79 Å². The molecular formula is C10H9N3O. The average Bonchev–Trinajstić information content (AvgIpc) is 2.72. The fraction of sp³-hybridized carbons (Fsp3) is 0. The van der Waals surface area contributed by atoms with Gasteiger partial charge in [-0.25, -0.2) is 4.98 Å². The Bertz CT molecular complexity index is 408. The highest BCUT2D eigenvalue weighted by Gasteiger charge is 2.05. The fourth-order valence-electron chi connectivity index (χ4n) is 1.09. The van der Waals surface area contributed by atoms with E-state index in [2.05, 4.69) is 15.3 Å². The van der Waals surface area contributed by atoms with Gasteiger partial charge in [0.2, 0.25) is 0 Å². The topological polar surface area (TPSA) is 57.8 Å². The first kappa shape index (κ1) is 8.50. The lowest BCUT2D eigenvalue weighted by Gasteiger charge is -2.00. The second-order valence-electron chi connectivity index (χ2n) is 2.75. The van der Waals surface area contributed by atoms with E-state index in [1.807, 2.05) is 6.07 Å². The Balaban J connectivity index is 2.10. The van der Waals surface area contributed by atoms with E-state index in [4.69, 9.17) is 0 Å². The Kier molecular flexibility index (Phi) is 2.27. The van der Waals surface area contributed by atoms with Crippen LogP contribution in [0.3, 0.4) is 0 Å². The minimum Gasteiger partial charge on any atom is -0.357 e. The van der Waals surface area contributed by atoms with Crippen molar-refractivity contribution < 1.29 is 4.79 Å². The first-order valence-electron chi connectivity index (χ1n) is 4.22. The van der Waals surface area contributed by atoms with Crippen molar-refractivity contribution in [1.29, 1.82) is 0 Å². The molecule has 0 unspecified atom stereocenters. The Morgan fingerprint density at radius 3 is 2.86 bits per heavy atom. The number of aromatic amines is 1. The zero-order valence-electron chi connectivity index (χ0n) is 7.40. The van der Waals surface area contributed by atoms with Crippen LogP contribution in [0.15, 0.2) is 42.7 Å². The van der Waals surface area contributed by atoms with Gasteiger partial charge < -0.3 is 10.3 Å². The summed E-state index contributed by atoms with van der Waals surface area (Å²) in [5.74, 6) is 0.362. The van der Waals surface area contributed by atoms with Crippen LogP contribution in [0.4, 0.5) is 5.82 Å². The molecule has 0 aromatic carbocycles. The van der Waals surface area contributed by atoms with Crippen LogP contribution in [0.25, 0.3) is 0 Å². The van der Waals surface area contributed by atoms with Crippen LogP contribution in [0, 0.1) is 0 Å². The van der Waals surface area contributed by atoms with Gasteiger partial charge in [-0.05, 0) is 24.3 Å². The van der Waals surface area contributed by atoms with Gasteiger partial charge in [-0.1, -0.05) is 6.07 Å². The van der Waals surface area contributed by atoms with E-state index in [0.29, 0.717) is 11.5 Å². The fourth-order valence-corrected chi connectivity index (χ4v) is 1.09. The van der Waals surface area contributed by atoms with Crippen molar-refractivity contribution in [2.75, 3.05) is 5.32 Å². The lowest BCUT2D eigenvalue weighted by atomic mass is 10.4.